The van der Waals surface area contributed by atoms with Gasteiger partial charge in [0.05, 0.1) is 5.39 Å². The first-order chi connectivity index (χ1) is 28.7. The Balaban J connectivity index is 1.03. The van der Waals surface area contributed by atoms with E-state index in [9.17, 15) is 0 Å². The molecule has 0 aliphatic rings. The van der Waals surface area contributed by atoms with E-state index in [4.69, 9.17) is 28.8 Å². The SMILES string of the molecule is c1ccc(-c2nc3ccc4oc5ccc6ccc(-c7nc(-c8ccc(-c9ccc%10ccccc%10c9)cc8)nc(-c8ccc9ccccc9c8)n7)cc6c5c4c3o2)cc1. The quantitative estimate of drug-likeness (QED) is 0.175. The molecule has 0 bridgehead atoms. The highest BCUT2D eigenvalue weighted by Gasteiger charge is 2.20. The molecule has 0 N–H and O–H groups in total. The van der Waals surface area contributed by atoms with Gasteiger partial charge in [-0.25, -0.2) is 19.9 Å². The Hall–Kier alpha value is -7.96. The number of benzene rings is 9. The molecular formula is C52H30N4O2. The fraction of sp³-hybridized carbons (Fsp3) is 0. The van der Waals surface area contributed by atoms with Gasteiger partial charge < -0.3 is 8.83 Å². The van der Waals surface area contributed by atoms with Crippen LogP contribution in [0.2, 0.25) is 0 Å². The molecule has 0 fully saturated rings. The number of hydrogen-bond acceptors (Lipinski definition) is 6. The third-order valence-corrected chi connectivity index (χ3v) is 11.1. The summed E-state index contributed by atoms with van der Waals surface area (Å²) in [5.74, 6) is 2.35. The van der Waals surface area contributed by atoms with E-state index >= 15 is 0 Å². The summed E-state index contributed by atoms with van der Waals surface area (Å²) in [6.07, 6.45) is 0. The van der Waals surface area contributed by atoms with Crippen molar-refractivity contribution in [2.75, 3.05) is 0 Å². The van der Waals surface area contributed by atoms with Gasteiger partial charge >= 0.3 is 0 Å². The first-order valence-corrected chi connectivity index (χ1v) is 19.3. The molecule has 0 aliphatic heterocycles. The van der Waals surface area contributed by atoms with E-state index in [1.165, 1.54) is 10.8 Å². The van der Waals surface area contributed by atoms with Gasteiger partial charge in [0.2, 0.25) is 5.89 Å². The first kappa shape index (κ1) is 32.3. The second-order valence-electron chi connectivity index (χ2n) is 14.7. The maximum Gasteiger partial charge on any atom is 0.227 e. The van der Waals surface area contributed by atoms with E-state index in [0.717, 1.165) is 82.4 Å². The molecule has 0 saturated carbocycles. The standard InChI is InChI=1S/C52H30N4O2/c1-2-10-36(11-3-1)52-53-43-25-27-45-47(48(43)58-52)46-42-30-41(23-18-34(42)24-26-44(46)57-45)51-55-49(54-50(56-51)40-22-17-32-9-5-7-13-38(32)29-40)35-19-14-33(15-20-35)39-21-16-31-8-4-6-12-37(31)28-39/h1-30H. The Morgan fingerprint density at radius 2 is 0.828 bits per heavy atom. The van der Waals surface area contributed by atoms with Crippen molar-refractivity contribution in [2.24, 2.45) is 0 Å². The van der Waals surface area contributed by atoms with Crippen LogP contribution in [-0.4, -0.2) is 19.9 Å². The summed E-state index contributed by atoms with van der Waals surface area (Å²) in [4.78, 5) is 20.3. The summed E-state index contributed by atoms with van der Waals surface area (Å²) >= 11 is 0. The summed E-state index contributed by atoms with van der Waals surface area (Å²) in [6, 6.07) is 62.6. The second-order valence-corrected chi connectivity index (χ2v) is 14.7. The van der Waals surface area contributed by atoms with Crippen molar-refractivity contribution in [3.05, 3.63) is 182 Å². The van der Waals surface area contributed by atoms with Crippen molar-refractivity contribution in [3.8, 4) is 56.7 Å². The van der Waals surface area contributed by atoms with Gasteiger partial charge in [-0.1, -0.05) is 133 Å². The zero-order chi connectivity index (χ0) is 38.2. The van der Waals surface area contributed by atoms with Crippen molar-refractivity contribution in [1.29, 1.82) is 0 Å². The molecule has 9 aromatic carbocycles. The normalized spacial score (nSPS) is 11.8. The van der Waals surface area contributed by atoms with E-state index in [1.54, 1.807) is 0 Å². The minimum Gasteiger partial charge on any atom is -0.456 e. The molecule has 6 heteroatoms. The fourth-order valence-corrected chi connectivity index (χ4v) is 8.17. The number of furan rings is 1. The Labute approximate surface area is 331 Å². The van der Waals surface area contributed by atoms with Crippen molar-refractivity contribution in [1.82, 2.24) is 19.9 Å². The molecular weight excluding hydrogens is 713 g/mol. The Bertz CT molecular complexity index is 3570. The van der Waals surface area contributed by atoms with Gasteiger partial charge in [-0.2, -0.15) is 0 Å². The van der Waals surface area contributed by atoms with Crippen LogP contribution in [0.3, 0.4) is 0 Å². The van der Waals surface area contributed by atoms with Crippen LogP contribution in [0.1, 0.15) is 0 Å². The third-order valence-electron chi connectivity index (χ3n) is 11.1. The molecule has 58 heavy (non-hydrogen) atoms. The first-order valence-electron chi connectivity index (χ1n) is 19.3. The molecule has 0 saturated heterocycles. The molecule has 0 radical (unpaired) electrons. The largest absolute Gasteiger partial charge is 0.456 e. The summed E-state index contributed by atoms with van der Waals surface area (Å²) in [5, 5.41) is 8.64. The lowest BCUT2D eigenvalue weighted by molar-refractivity contribution is 0.622. The van der Waals surface area contributed by atoms with Crippen LogP contribution in [-0.2, 0) is 0 Å². The molecule has 270 valence electrons. The summed E-state index contributed by atoms with van der Waals surface area (Å²) in [6.45, 7) is 0. The van der Waals surface area contributed by atoms with Crippen LogP contribution in [0.4, 0.5) is 0 Å². The maximum atomic E-state index is 6.51. The van der Waals surface area contributed by atoms with Crippen LogP contribution in [0, 0.1) is 0 Å². The van der Waals surface area contributed by atoms with E-state index in [0.29, 0.717) is 28.9 Å². The van der Waals surface area contributed by atoms with Crippen molar-refractivity contribution in [3.63, 3.8) is 0 Å². The summed E-state index contributed by atoms with van der Waals surface area (Å²) in [7, 11) is 0. The van der Waals surface area contributed by atoms with Gasteiger partial charge in [0, 0.05) is 27.6 Å². The second kappa shape index (κ2) is 12.8. The third kappa shape index (κ3) is 5.34. The molecule has 3 aromatic heterocycles. The highest BCUT2D eigenvalue weighted by atomic mass is 16.4. The van der Waals surface area contributed by atoms with Crippen LogP contribution in [0.15, 0.2) is 191 Å². The summed E-state index contributed by atoms with van der Waals surface area (Å²) in [5.41, 5.74) is 8.87. The van der Waals surface area contributed by atoms with E-state index < -0.39 is 0 Å². The van der Waals surface area contributed by atoms with Gasteiger partial charge in [-0.15, -0.1) is 0 Å². The minimum absolute atomic E-state index is 0.572. The minimum atomic E-state index is 0.572. The number of nitrogens with zero attached hydrogens (tertiary/aromatic N) is 4. The maximum absolute atomic E-state index is 6.51. The number of rotatable bonds is 5. The molecule has 0 unspecified atom stereocenters. The lowest BCUT2D eigenvalue weighted by Gasteiger charge is -2.11. The van der Waals surface area contributed by atoms with Crippen molar-refractivity contribution < 1.29 is 8.83 Å². The molecule has 6 nitrogen and oxygen atoms in total. The highest BCUT2D eigenvalue weighted by Crippen LogP contribution is 2.41. The van der Waals surface area contributed by atoms with Crippen molar-refractivity contribution >= 4 is 65.4 Å². The lowest BCUT2D eigenvalue weighted by atomic mass is 10.00. The molecule has 12 aromatic rings. The molecule has 0 spiro atoms. The molecule has 0 aliphatic carbocycles. The van der Waals surface area contributed by atoms with Gasteiger partial charge in [-0.3, -0.25) is 0 Å². The molecule has 3 heterocycles. The van der Waals surface area contributed by atoms with Crippen LogP contribution in [0.5, 0.6) is 0 Å². The van der Waals surface area contributed by atoms with Gasteiger partial charge in [0.15, 0.2) is 23.1 Å². The summed E-state index contributed by atoms with van der Waals surface area (Å²) < 4.78 is 13.0. The van der Waals surface area contributed by atoms with Crippen LogP contribution < -0.4 is 0 Å². The average Bonchev–Trinajstić information content (AvgIpc) is 3.91. The van der Waals surface area contributed by atoms with Crippen LogP contribution >= 0.6 is 0 Å². The molecule has 0 amide bonds. The van der Waals surface area contributed by atoms with Gasteiger partial charge in [0.25, 0.3) is 0 Å². The van der Waals surface area contributed by atoms with E-state index in [-0.39, 0.29) is 0 Å². The zero-order valence-corrected chi connectivity index (χ0v) is 30.9. The van der Waals surface area contributed by atoms with E-state index in [1.807, 2.05) is 48.5 Å². The fourth-order valence-electron chi connectivity index (χ4n) is 8.17. The zero-order valence-electron chi connectivity index (χ0n) is 30.9. The topological polar surface area (TPSA) is 77.8 Å². The molecule has 0 atom stereocenters. The Kier molecular flexibility index (Phi) is 7.13. The smallest absolute Gasteiger partial charge is 0.227 e. The highest BCUT2D eigenvalue weighted by molar-refractivity contribution is 6.25. The monoisotopic (exact) mass is 742 g/mol. The number of fused-ring (bicyclic) bond motifs is 9. The number of aromatic nitrogens is 4. The Morgan fingerprint density at radius 1 is 0.310 bits per heavy atom. The van der Waals surface area contributed by atoms with E-state index in [2.05, 4.69) is 133 Å². The lowest BCUT2D eigenvalue weighted by Crippen LogP contribution is -2.00. The van der Waals surface area contributed by atoms with Gasteiger partial charge in [-0.05, 0) is 92.0 Å². The van der Waals surface area contributed by atoms with Crippen molar-refractivity contribution in [2.45, 2.75) is 0 Å². The van der Waals surface area contributed by atoms with Crippen LogP contribution in [0.25, 0.3) is 122 Å². The number of hydrogen-bond donors (Lipinski definition) is 0. The number of oxazole rings is 1. The predicted molar refractivity (Wildman–Crippen MR) is 234 cm³/mol. The predicted octanol–water partition coefficient (Wildman–Crippen LogP) is 13.7. The Morgan fingerprint density at radius 3 is 1.55 bits per heavy atom. The molecule has 12 rings (SSSR count). The van der Waals surface area contributed by atoms with Gasteiger partial charge in [0.1, 0.15) is 16.7 Å². The average molecular weight is 743 g/mol.